The summed E-state index contributed by atoms with van der Waals surface area (Å²) in [7, 11) is 0. The van der Waals surface area contributed by atoms with E-state index in [-0.39, 0.29) is 12.4 Å². The molecular formula is C19H29FN2O2. The molecule has 1 N–H and O–H groups in total. The number of hydrogen-bond donors (Lipinski definition) is 1. The van der Waals surface area contributed by atoms with Crippen molar-refractivity contribution in [2.75, 3.05) is 45.9 Å². The van der Waals surface area contributed by atoms with E-state index in [0.717, 1.165) is 19.0 Å². The minimum absolute atomic E-state index is 0.249. The zero-order chi connectivity index (χ0) is 16.8. The van der Waals surface area contributed by atoms with Gasteiger partial charge in [0.1, 0.15) is 24.3 Å². The van der Waals surface area contributed by atoms with Crippen LogP contribution < -0.4 is 4.74 Å². The molecule has 0 amide bonds. The lowest BCUT2D eigenvalue weighted by Gasteiger charge is -2.34. The topological polar surface area (TPSA) is 35.9 Å². The molecular weight excluding hydrogens is 307 g/mol. The maximum Gasteiger partial charge on any atom is 0.123 e. The minimum Gasteiger partial charge on any atom is -0.491 e. The molecule has 2 heterocycles. The second-order valence-corrected chi connectivity index (χ2v) is 7.17. The summed E-state index contributed by atoms with van der Waals surface area (Å²) in [5.41, 5.74) is 0. The second kappa shape index (κ2) is 8.79. The van der Waals surface area contributed by atoms with E-state index in [1.807, 2.05) is 0 Å². The van der Waals surface area contributed by atoms with E-state index < -0.39 is 6.10 Å². The van der Waals surface area contributed by atoms with Crippen LogP contribution in [0.25, 0.3) is 0 Å². The number of rotatable bonds is 7. The van der Waals surface area contributed by atoms with Crippen LogP contribution in [0.1, 0.15) is 25.7 Å². The largest absolute Gasteiger partial charge is 0.491 e. The smallest absolute Gasteiger partial charge is 0.123 e. The number of hydrogen-bond acceptors (Lipinski definition) is 4. The zero-order valence-corrected chi connectivity index (χ0v) is 14.4. The number of aliphatic hydroxyl groups is 1. The summed E-state index contributed by atoms with van der Waals surface area (Å²) in [6.07, 6.45) is 4.66. The molecule has 134 valence electrons. The van der Waals surface area contributed by atoms with Crippen LogP contribution in [-0.4, -0.2) is 66.9 Å². The maximum absolute atomic E-state index is 12.8. The van der Waals surface area contributed by atoms with Crippen molar-refractivity contribution in [3.63, 3.8) is 0 Å². The van der Waals surface area contributed by atoms with Crippen molar-refractivity contribution in [3.05, 3.63) is 30.1 Å². The molecule has 0 aromatic heterocycles. The van der Waals surface area contributed by atoms with Gasteiger partial charge >= 0.3 is 0 Å². The maximum atomic E-state index is 12.8. The number of β-amino-alcohol motifs (C(OH)–C–C–N with tert-alkyl or cyclic N) is 1. The summed E-state index contributed by atoms with van der Waals surface area (Å²) in [5.74, 6) is 1.13. The van der Waals surface area contributed by atoms with Crippen molar-refractivity contribution >= 4 is 0 Å². The van der Waals surface area contributed by atoms with Crippen molar-refractivity contribution < 1.29 is 14.2 Å². The molecule has 2 fully saturated rings. The van der Waals surface area contributed by atoms with Gasteiger partial charge < -0.3 is 19.6 Å². The molecule has 0 bridgehead atoms. The average Bonchev–Trinajstić information content (AvgIpc) is 3.09. The van der Waals surface area contributed by atoms with Gasteiger partial charge in [0, 0.05) is 13.1 Å². The van der Waals surface area contributed by atoms with Gasteiger partial charge in [-0.05, 0) is 82.0 Å². The van der Waals surface area contributed by atoms with Gasteiger partial charge in [-0.1, -0.05) is 0 Å². The van der Waals surface area contributed by atoms with Crippen LogP contribution in [0.4, 0.5) is 4.39 Å². The first-order valence-corrected chi connectivity index (χ1v) is 9.20. The number of piperidine rings is 1. The van der Waals surface area contributed by atoms with Crippen molar-refractivity contribution in [1.82, 2.24) is 9.80 Å². The SMILES string of the molecule is OC(COc1ccc(F)cc1)CN1CCC(CN2CCCC2)CC1. The molecule has 5 heteroatoms. The van der Waals surface area contributed by atoms with E-state index in [9.17, 15) is 9.50 Å². The summed E-state index contributed by atoms with van der Waals surface area (Å²) in [5, 5.41) is 10.2. The Hall–Kier alpha value is -1.17. The Morgan fingerprint density at radius 3 is 2.38 bits per heavy atom. The average molecular weight is 336 g/mol. The molecule has 2 aliphatic rings. The molecule has 3 rings (SSSR count). The van der Waals surface area contributed by atoms with Crippen molar-refractivity contribution in [2.24, 2.45) is 5.92 Å². The van der Waals surface area contributed by atoms with Crippen LogP contribution in [0.2, 0.25) is 0 Å². The van der Waals surface area contributed by atoms with Gasteiger partial charge in [-0.2, -0.15) is 0 Å². The van der Waals surface area contributed by atoms with Gasteiger partial charge in [0.2, 0.25) is 0 Å². The molecule has 1 aromatic carbocycles. The highest BCUT2D eigenvalue weighted by atomic mass is 19.1. The molecule has 1 aromatic rings. The lowest BCUT2D eigenvalue weighted by atomic mass is 9.96. The van der Waals surface area contributed by atoms with Crippen LogP contribution >= 0.6 is 0 Å². The van der Waals surface area contributed by atoms with Crippen LogP contribution in [0.3, 0.4) is 0 Å². The number of halogens is 1. The molecule has 1 atom stereocenters. The molecule has 0 spiro atoms. The van der Waals surface area contributed by atoms with Gasteiger partial charge in [-0.15, -0.1) is 0 Å². The van der Waals surface area contributed by atoms with Crippen molar-refractivity contribution in [1.29, 1.82) is 0 Å². The van der Waals surface area contributed by atoms with Crippen LogP contribution in [0.5, 0.6) is 5.75 Å². The Balaban J connectivity index is 1.32. The van der Waals surface area contributed by atoms with E-state index in [4.69, 9.17) is 4.74 Å². The lowest BCUT2D eigenvalue weighted by Crippen LogP contribution is -2.42. The fraction of sp³-hybridized carbons (Fsp3) is 0.684. The van der Waals surface area contributed by atoms with Gasteiger partial charge in [-0.25, -0.2) is 4.39 Å². The van der Waals surface area contributed by atoms with Gasteiger partial charge in [-0.3, -0.25) is 0 Å². The fourth-order valence-electron chi connectivity index (χ4n) is 3.76. The first kappa shape index (κ1) is 17.6. The monoisotopic (exact) mass is 336 g/mol. The Morgan fingerprint density at radius 1 is 1.04 bits per heavy atom. The molecule has 4 nitrogen and oxygen atoms in total. The fourth-order valence-corrected chi connectivity index (χ4v) is 3.76. The van der Waals surface area contributed by atoms with E-state index in [1.54, 1.807) is 12.1 Å². The summed E-state index contributed by atoms with van der Waals surface area (Å²) >= 11 is 0. The molecule has 0 saturated carbocycles. The summed E-state index contributed by atoms with van der Waals surface area (Å²) in [4.78, 5) is 4.94. The highest BCUT2D eigenvalue weighted by molar-refractivity contribution is 5.22. The van der Waals surface area contributed by atoms with Gasteiger partial charge in [0.25, 0.3) is 0 Å². The second-order valence-electron chi connectivity index (χ2n) is 7.17. The first-order valence-electron chi connectivity index (χ1n) is 9.20. The van der Waals surface area contributed by atoms with E-state index in [0.29, 0.717) is 12.3 Å². The third-order valence-corrected chi connectivity index (χ3v) is 5.15. The third-order valence-electron chi connectivity index (χ3n) is 5.15. The summed E-state index contributed by atoms with van der Waals surface area (Å²) < 4.78 is 18.4. The number of likely N-dealkylation sites (tertiary alicyclic amines) is 2. The Bertz CT molecular complexity index is 483. The van der Waals surface area contributed by atoms with Crippen molar-refractivity contribution in [3.8, 4) is 5.75 Å². The van der Waals surface area contributed by atoms with Crippen molar-refractivity contribution in [2.45, 2.75) is 31.8 Å². The lowest BCUT2D eigenvalue weighted by molar-refractivity contribution is 0.0521. The minimum atomic E-state index is -0.509. The highest BCUT2D eigenvalue weighted by Crippen LogP contribution is 2.21. The summed E-state index contributed by atoms with van der Waals surface area (Å²) in [6, 6.07) is 5.91. The van der Waals surface area contributed by atoms with Crippen LogP contribution in [0.15, 0.2) is 24.3 Å². The molecule has 2 aliphatic heterocycles. The standard InChI is InChI=1S/C19H29FN2O2/c20-17-3-5-19(6-4-17)24-15-18(23)14-22-11-7-16(8-12-22)13-21-9-1-2-10-21/h3-6,16,18,23H,1-2,7-15H2. The predicted octanol–water partition coefficient (Wildman–Crippen LogP) is 2.37. The van der Waals surface area contributed by atoms with Gasteiger partial charge in [0.15, 0.2) is 0 Å². The summed E-state index contributed by atoms with van der Waals surface area (Å²) in [6.45, 7) is 6.83. The predicted molar refractivity (Wildman–Crippen MR) is 92.7 cm³/mol. The number of ether oxygens (including phenoxy) is 1. The third kappa shape index (κ3) is 5.43. The molecule has 1 unspecified atom stereocenters. The van der Waals surface area contributed by atoms with Crippen LogP contribution in [0, 0.1) is 11.7 Å². The Kier molecular flexibility index (Phi) is 6.46. The van der Waals surface area contributed by atoms with E-state index in [2.05, 4.69) is 9.80 Å². The number of nitrogens with zero attached hydrogens (tertiary/aromatic N) is 2. The molecule has 0 aliphatic carbocycles. The Morgan fingerprint density at radius 2 is 1.71 bits per heavy atom. The van der Waals surface area contributed by atoms with Gasteiger partial charge in [0.05, 0.1) is 0 Å². The normalized spacial score (nSPS) is 21.9. The Labute approximate surface area is 144 Å². The number of aliphatic hydroxyl groups excluding tert-OH is 1. The molecule has 24 heavy (non-hydrogen) atoms. The highest BCUT2D eigenvalue weighted by Gasteiger charge is 2.24. The van der Waals surface area contributed by atoms with E-state index in [1.165, 1.54) is 57.5 Å². The number of benzene rings is 1. The quantitative estimate of drug-likeness (QED) is 0.829. The zero-order valence-electron chi connectivity index (χ0n) is 14.4. The molecule has 2 saturated heterocycles. The van der Waals surface area contributed by atoms with Crippen LogP contribution in [-0.2, 0) is 0 Å². The van der Waals surface area contributed by atoms with E-state index >= 15 is 0 Å². The molecule has 0 radical (unpaired) electrons. The first-order chi connectivity index (χ1) is 11.7.